The van der Waals surface area contributed by atoms with Gasteiger partial charge in [0, 0.05) is 19.1 Å². The lowest BCUT2D eigenvalue weighted by Gasteiger charge is -2.21. The quantitative estimate of drug-likeness (QED) is 0.865. The van der Waals surface area contributed by atoms with Gasteiger partial charge in [0.15, 0.2) is 0 Å². The van der Waals surface area contributed by atoms with Crippen molar-refractivity contribution in [1.29, 1.82) is 0 Å². The van der Waals surface area contributed by atoms with E-state index in [-0.39, 0.29) is 11.9 Å². The van der Waals surface area contributed by atoms with Crippen LogP contribution in [0, 0.1) is 0 Å². The Morgan fingerprint density at radius 2 is 2.15 bits per heavy atom. The number of aryl methyl sites for hydroxylation is 1. The van der Waals surface area contributed by atoms with Gasteiger partial charge in [0.2, 0.25) is 5.91 Å². The Kier molecular flexibility index (Phi) is 5.01. The molecule has 1 aromatic carbocycles. The van der Waals surface area contributed by atoms with Crippen LogP contribution < -0.4 is 10.1 Å². The maximum Gasteiger partial charge on any atom is 0.236 e. The third-order valence-electron chi connectivity index (χ3n) is 4.05. The Bertz CT molecular complexity index is 470. The molecule has 1 atom stereocenters. The van der Waals surface area contributed by atoms with Gasteiger partial charge in [0.1, 0.15) is 5.75 Å². The number of likely N-dealkylation sites (N-methyl/N-ethyl adjacent to an activating group) is 1. The van der Waals surface area contributed by atoms with Crippen LogP contribution in [-0.2, 0) is 11.2 Å². The fourth-order valence-electron chi connectivity index (χ4n) is 2.82. The van der Waals surface area contributed by atoms with E-state index in [2.05, 4.69) is 17.4 Å². The van der Waals surface area contributed by atoms with Crippen molar-refractivity contribution in [3.05, 3.63) is 29.3 Å². The highest BCUT2D eigenvalue weighted by Gasteiger charge is 2.23. The summed E-state index contributed by atoms with van der Waals surface area (Å²) in [4.78, 5) is 13.9. The molecule has 20 heavy (non-hydrogen) atoms. The van der Waals surface area contributed by atoms with Crippen molar-refractivity contribution in [2.75, 3.05) is 26.7 Å². The average molecular weight is 276 g/mol. The first-order valence-corrected chi connectivity index (χ1v) is 7.37. The van der Waals surface area contributed by atoms with Crippen LogP contribution in [0.1, 0.15) is 37.4 Å². The van der Waals surface area contributed by atoms with Gasteiger partial charge in [0.25, 0.3) is 0 Å². The smallest absolute Gasteiger partial charge is 0.236 e. The number of carbonyl (C=O) groups excluding carboxylic acids is 1. The van der Waals surface area contributed by atoms with Gasteiger partial charge in [-0.1, -0.05) is 6.07 Å². The number of nitrogens with zero attached hydrogens (tertiary/aromatic N) is 1. The fourth-order valence-corrected chi connectivity index (χ4v) is 2.82. The minimum atomic E-state index is 0.173. The summed E-state index contributed by atoms with van der Waals surface area (Å²) in [7, 11) is 1.68. The third-order valence-corrected chi connectivity index (χ3v) is 4.05. The summed E-state index contributed by atoms with van der Waals surface area (Å²) in [5.41, 5.74) is 2.63. The van der Waals surface area contributed by atoms with Crippen molar-refractivity contribution >= 4 is 5.91 Å². The van der Waals surface area contributed by atoms with Gasteiger partial charge >= 0.3 is 0 Å². The van der Waals surface area contributed by atoms with Crippen molar-refractivity contribution in [3.8, 4) is 5.75 Å². The average Bonchev–Trinajstić information content (AvgIpc) is 2.88. The van der Waals surface area contributed by atoms with E-state index < -0.39 is 0 Å². The highest BCUT2D eigenvalue weighted by Crippen LogP contribution is 2.33. The number of hydrogen-bond donors (Lipinski definition) is 1. The molecule has 1 aromatic rings. The van der Waals surface area contributed by atoms with Gasteiger partial charge in [-0.2, -0.15) is 0 Å². The normalized spacial score (nSPS) is 16.9. The molecule has 0 aliphatic heterocycles. The second kappa shape index (κ2) is 6.75. The molecule has 1 aliphatic carbocycles. The summed E-state index contributed by atoms with van der Waals surface area (Å²) in [5, 5.41) is 3.39. The lowest BCUT2D eigenvalue weighted by atomic mass is 10.1. The molecule has 0 fully saturated rings. The van der Waals surface area contributed by atoms with Gasteiger partial charge in [-0.3, -0.25) is 4.79 Å². The number of benzene rings is 1. The predicted octanol–water partition coefficient (Wildman–Crippen LogP) is 2.14. The molecule has 0 aromatic heterocycles. The van der Waals surface area contributed by atoms with E-state index in [9.17, 15) is 4.79 Å². The second-order valence-electron chi connectivity index (χ2n) is 5.10. The standard InChI is InChI=1S/C16H24N2O2/c1-4-18(5-2)16(19)11-17-15-9-7-12-6-8-13(20-3)10-14(12)15/h6,8,10,15,17H,4-5,7,9,11H2,1-3H3. The van der Waals surface area contributed by atoms with Crippen molar-refractivity contribution in [1.82, 2.24) is 10.2 Å². The molecule has 1 amide bonds. The predicted molar refractivity (Wildman–Crippen MR) is 80.0 cm³/mol. The maximum atomic E-state index is 12.0. The van der Waals surface area contributed by atoms with Crippen LogP contribution in [0.5, 0.6) is 5.75 Å². The molecule has 2 rings (SSSR count). The van der Waals surface area contributed by atoms with Crippen LogP contribution >= 0.6 is 0 Å². The summed E-state index contributed by atoms with van der Waals surface area (Å²) in [6.45, 7) is 5.97. The number of amides is 1. The first kappa shape index (κ1) is 14.9. The molecule has 110 valence electrons. The molecule has 0 spiro atoms. The molecule has 0 radical (unpaired) electrons. The zero-order valence-corrected chi connectivity index (χ0v) is 12.6. The Balaban J connectivity index is 1.98. The summed E-state index contributed by atoms with van der Waals surface area (Å²) < 4.78 is 5.28. The van der Waals surface area contributed by atoms with Crippen molar-refractivity contribution in [2.45, 2.75) is 32.7 Å². The second-order valence-corrected chi connectivity index (χ2v) is 5.10. The van der Waals surface area contributed by atoms with Crippen LogP contribution in [0.25, 0.3) is 0 Å². The Labute approximate surface area is 121 Å². The molecule has 0 saturated heterocycles. The first-order valence-electron chi connectivity index (χ1n) is 7.37. The molecule has 1 unspecified atom stereocenters. The van der Waals surface area contributed by atoms with Gasteiger partial charge < -0.3 is 15.0 Å². The van der Waals surface area contributed by atoms with E-state index in [4.69, 9.17) is 4.74 Å². The third kappa shape index (κ3) is 3.12. The number of methoxy groups -OCH3 is 1. The monoisotopic (exact) mass is 276 g/mol. The van der Waals surface area contributed by atoms with E-state index in [0.29, 0.717) is 6.54 Å². The molecule has 4 heteroatoms. The molecule has 0 heterocycles. The summed E-state index contributed by atoms with van der Waals surface area (Å²) in [5.74, 6) is 1.05. The van der Waals surface area contributed by atoms with Crippen LogP contribution in [0.3, 0.4) is 0 Å². The van der Waals surface area contributed by atoms with Crippen molar-refractivity contribution < 1.29 is 9.53 Å². The number of hydrogen-bond acceptors (Lipinski definition) is 3. The largest absolute Gasteiger partial charge is 0.497 e. The zero-order chi connectivity index (χ0) is 14.5. The fraction of sp³-hybridized carbons (Fsp3) is 0.562. The maximum absolute atomic E-state index is 12.0. The minimum absolute atomic E-state index is 0.173. The molecular weight excluding hydrogens is 252 g/mol. The van der Waals surface area contributed by atoms with E-state index in [1.165, 1.54) is 11.1 Å². The SMILES string of the molecule is CCN(CC)C(=O)CNC1CCc2ccc(OC)cc21. The lowest BCUT2D eigenvalue weighted by molar-refractivity contribution is -0.130. The van der Waals surface area contributed by atoms with Gasteiger partial charge in [-0.05, 0) is 49.9 Å². The summed E-state index contributed by atoms with van der Waals surface area (Å²) in [6, 6.07) is 6.48. The lowest BCUT2D eigenvalue weighted by Crippen LogP contribution is -2.38. The highest BCUT2D eigenvalue weighted by molar-refractivity contribution is 5.78. The molecule has 4 nitrogen and oxygen atoms in total. The van der Waals surface area contributed by atoms with Crippen molar-refractivity contribution in [3.63, 3.8) is 0 Å². The van der Waals surface area contributed by atoms with Gasteiger partial charge in [-0.15, -0.1) is 0 Å². The van der Waals surface area contributed by atoms with Crippen molar-refractivity contribution in [2.24, 2.45) is 0 Å². The number of rotatable bonds is 6. The molecule has 0 bridgehead atoms. The minimum Gasteiger partial charge on any atom is -0.497 e. The summed E-state index contributed by atoms with van der Waals surface area (Å²) >= 11 is 0. The van der Waals surface area contributed by atoms with Gasteiger partial charge in [-0.25, -0.2) is 0 Å². The Hall–Kier alpha value is -1.55. The first-order chi connectivity index (χ1) is 9.69. The number of nitrogens with one attached hydrogen (secondary N) is 1. The van der Waals surface area contributed by atoms with Gasteiger partial charge in [0.05, 0.1) is 13.7 Å². The molecule has 0 saturated carbocycles. The van der Waals surface area contributed by atoms with Crippen LogP contribution in [-0.4, -0.2) is 37.6 Å². The number of carbonyl (C=O) groups is 1. The highest BCUT2D eigenvalue weighted by atomic mass is 16.5. The zero-order valence-electron chi connectivity index (χ0n) is 12.6. The Morgan fingerprint density at radius 3 is 2.80 bits per heavy atom. The summed E-state index contributed by atoms with van der Waals surface area (Å²) in [6.07, 6.45) is 2.12. The van der Waals surface area contributed by atoms with Crippen LogP contribution in [0.15, 0.2) is 18.2 Å². The van der Waals surface area contributed by atoms with Crippen LogP contribution in [0.2, 0.25) is 0 Å². The molecule has 1 N–H and O–H groups in total. The molecular formula is C16H24N2O2. The molecule has 1 aliphatic rings. The topological polar surface area (TPSA) is 41.6 Å². The Morgan fingerprint density at radius 1 is 1.40 bits per heavy atom. The van der Waals surface area contributed by atoms with Crippen LogP contribution in [0.4, 0.5) is 0 Å². The van der Waals surface area contributed by atoms with E-state index in [1.54, 1.807) is 7.11 Å². The van der Waals surface area contributed by atoms with E-state index >= 15 is 0 Å². The number of ether oxygens (including phenoxy) is 1. The number of fused-ring (bicyclic) bond motifs is 1. The van der Waals surface area contributed by atoms with E-state index in [1.807, 2.05) is 24.8 Å². The van der Waals surface area contributed by atoms with E-state index in [0.717, 1.165) is 31.7 Å².